The van der Waals surface area contributed by atoms with E-state index in [1.165, 1.54) is 18.2 Å². The van der Waals surface area contributed by atoms with Crippen molar-refractivity contribution in [3.05, 3.63) is 58.6 Å². The van der Waals surface area contributed by atoms with Gasteiger partial charge in [-0.2, -0.15) is 0 Å². The first kappa shape index (κ1) is 16.0. The van der Waals surface area contributed by atoms with Gasteiger partial charge in [0.05, 0.1) is 10.0 Å². The number of halogens is 1. The molecule has 0 radical (unpaired) electrons. The summed E-state index contributed by atoms with van der Waals surface area (Å²) in [5.41, 5.74) is 0.0975. The van der Waals surface area contributed by atoms with Crippen LogP contribution in [0.1, 0.15) is 17.3 Å². The van der Waals surface area contributed by atoms with E-state index >= 15 is 0 Å². The van der Waals surface area contributed by atoms with Gasteiger partial charge in [0.25, 0.3) is 0 Å². The van der Waals surface area contributed by atoms with Crippen molar-refractivity contribution in [3.8, 4) is 11.5 Å². The number of carboxylic acids is 1. The molecule has 0 saturated carbocycles. The number of para-hydroxylation sites is 1. The molecule has 1 unspecified atom stereocenters. The summed E-state index contributed by atoms with van der Waals surface area (Å²) >= 11 is 3.18. The van der Waals surface area contributed by atoms with E-state index in [4.69, 9.17) is 14.6 Å². The standard InChI is InChI=1S/C16H13BrO5/c1-10(21-12-5-3-2-4-6-12)16(20)22-14-8-7-11(15(18)19)9-13(14)17/h2-10H,1H3,(H,18,19). The van der Waals surface area contributed by atoms with E-state index in [1.807, 2.05) is 6.07 Å². The highest BCUT2D eigenvalue weighted by atomic mass is 79.9. The third kappa shape index (κ3) is 4.08. The lowest BCUT2D eigenvalue weighted by Crippen LogP contribution is -2.28. The molecule has 5 nitrogen and oxygen atoms in total. The topological polar surface area (TPSA) is 72.8 Å². The smallest absolute Gasteiger partial charge is 0.352 e. The van der Waals surface area contributed by atoms with Crippen molar-refractivity contribution in [2.45, 2.75) is 13.0 Å². The number of esters is 1. The summed E-state index contributed by atoms with van der Waals surface area (Å²) in [4.78, 5) is 22.9. The third-order valence-corrected chi connectivity index (χ3v) is 3.40. The summed E-state index contributed by atoms with van der Waals surface area (Å²) in [6.07, 6.45) is -0.798. The van der Waals surface area contributed by atoms with E-state index in [9.17, 15) is 9.59 Å². The Balaban J connectivity index is 2.04. The molecule has 0 aliphatic heterocycles. The Morgan fingerprint density at radius 2 is 1.82 bits per heavy atom. The molecule has 22 heavy (non-hydrogen) atoms. The van der Waals surface area contributed by atoms with Crippen molar-refractivity contribution < 1.29 is 24.2 Å². The highest BCUT2D eigenvalue weighted by Crippen LogP contribution is 2.26. The molecule has 2 aromatic carbocycles. The molecular weight excluding hydrogens is 352 g/mol. The SMILES string of the molecule is CC(Oc1ccccc1)C(=O)Oc1ccc(C(=O)O)cc1Br. The molecule has 1 atom stereocenters. The summed E-state index contributed by atoms with van der Waals surface area (Å²) < 4.78 is 11.1. The van der Waals surface area contributed by atoms with Gasteiger partial charge in [0.15, 0.2) is 6.10 Å². The van der Waals surface area contributed by atoms with E-state index in [1.54, 1.807) is 31.2 Å². The van der Waals surface area contributed by atoms with Crippen molar-refractivity contribution in [1.82, 2.24) is 0 Å². The third-order valence-electron chi connectivity index (χ3n) is 2.78. The lowest BCUT2D eigenvalue weighted by Gasteiger charge is -2.14. The Morgan fingerprint density at radius 3 is 2.41 bits per heavy atom. The van der Waals surface area contributed by atoms with Crippen LogP contribution in [-0.4, -0.2) is 23.1 Å². The first-order valence-corrected chi connectivity index (χ1v) is 7.23. The number of aromatic carboxylic acids is 1. The molecule has 0 spiro atoms. The summed E-state index contributed by atoms with van der Waals surface area (Å²) in [6, 6.07) is 13.1. The second kappa shape index (κ2) is 7.09. The number of ether oxygens (including phenoxy) is 2. The zero-order chi connectivity index (χ0) is 16.1. The summed E-state index contributed by atoms with van der Waals surface area (Å²) in [5, 5.41) is 8.89. The molecule has 0 bridgehead atoms. The molecule has 0 amide bonds. The molecule has 0 aliphatic rings. The lowest BCUT2D eigenvalue weighted by atomic mass is 10.2. The second-order valence-electron chi connectivity index (χ2n) is 4.44. The van der Waals surface area contributed by atoms with E-state index < -0.39 is 18.0 Å². The second-order valence-corrected chi connectivity index (χ2v) is 5.30. The number of carboxylic acid groups (broad SMARTS) is 1. The summed E-state index contributed by atoms with van der Waals surface area (Å²) in [6.45, 7) is 1.58. The highest BCUT2D eigenvalue weighted by Gasteiger charge is 2.19. The molecule has 6 heteroatoms. The Morgan fingerprint density at radius 1 is 1.14 bits per heavy atom. The highest BCUT2D eigenvalue weighted by molar-refractivity contribution is 9.10. The molecule has 0 fully saturated rings. The van der Waals surface area contributed by atoms with Gasteiger partial charge in [-0.15, -0.1) is 0 Å². The largest absolute Gasteiger partial charge is 0.479 e. The van der Waals surface area contributed by atoms with Crippen LogP contribution in [0.3, 0.4) is 0 Å². The zero-order valence-corrected chi connectivity index (χ0v) is 13.2. The van der Waals surface area contributed by atoms with Crippen LogP contribution in [0.4, 0.5) is 0 Å². The van der Waals surface area contributed by atoms with Gasteiger partial charge < -0.3 is 14.6 Å². The van der Waals surface area contributed by atoms with Crippen LogP contribution in [0.5, 0.6) is 11.5 Å². The Hall–Kier alpha value is -2.34. The van der Waals surface area contributed by atoms with Crippen molar-refractivity contribution >= 4 is 27.9 Å². The number of rotatable bonds is 5. The fourth-order valence-electron chi connectivity index (χ4n) is 1.66. The molecule has 2 aromatic rings. The summed E-state index contributed by atoms with van der Waals surface area (Å²) in [5.74, 6) is -0.835. The Bertz CT molecular complexity index is 684. The summed E-state index contributed by atoms with van der Waals surface area (Å²) in [7, 11) is 0. The molecule has 114 valence electrons. The first-order valence-electron chi connectivity index (χ1n) is 6.43. The fourth-order valence-corrected chi connectivity index (χ4v) is 2.12. The lowest BCUT2D eigenvalue weighted by molar-refractivity contribution is -0.141. The van der Waals surface area contributed by atoms with Crippen molar-refractivity contribution in [3.63, 3.8) is 0 Å². The molecular formula is C16H13BrO5. The van der Waals surface area contributed by atoms with Crippen LogP contribution in [0, 0.1) is 0 Å². The molecule has 0 aromatic heterocycles. The van der Waals surface area contributed by atoms with Crippen LogP contribution in [0.25, 0.3) is 0 Å². The quantitative estimate of drug-likeness (QED) is 0.648. The Kier molecular flexibility index (Phi) is 5.16. The molecule has 0 saturated heterocycles. The van der Waals surface area contributed by atoms with Gasteiger partial charge >= 0.3 is 11.9 Å². The van der Waals surface area contributed by atoms with Crippen LogP contribution in [0.15, 0.2) is 53.0 Å². The normalized spacial score (nSPS) is 11.5. The number of carbonyl (C=O) groups is 2. The van der Waals surface area contributed by atoms with E-state index in [0.29, 0.717) is 10.2 Å². The van der Waals surface area contributed by atoms with Crippen LogP contribution < -0.4 is 9.47 Å². The monoisotopic (exact) mass is 364 g/mol. The molecule has 0 heterocycles. The minimum absolute atomic E-state index is 0.0975. The predicted octanol–water partition coefficient (Wildman–Crippen LogP) is 3.52. The van der Waals surface area contributed by atoms with E-state index in [0.717, 1.165) is 0 Å². The van der Waals surface area contributed by atoms with Gasteiger partial charge in [-0.05, 0) is 53.2 Å². The van der Waals surface area contributed by atoms with Crippen LogP contribution in [-0.2, 0) is 4.79 Å². The number of benzene rings is 2. The fraction of sp³-hybridized carbons (Fsp3) is 0.125. The van der Waals surface area contributed by atoms with Crippen molar-refractivity contribution in [2.24, 2.45) is 0 Å². The Labute approximate surface area is 135 Å². The average molecular weight is 365 g/mol. The average Bonchev–Trinajstić information content (AvgIpc) is 2.50. The predicted molar refractivity (Wildman–Crippen MR) is 83.3 cm³/mol. The van der Waals surface area contributed by atoms with Gasteiger partial charge in [0.2, 0.25) is 0 Å². The number of hydrogen-bond donors (Lipinski definition) is 1. The minimum Gasteiger partial charge on any atom is -0.479 e. The van der Waals surface area contributed by atoms with Crippen molar-refractivity contribution in [1.29, 1.82) is 0 Å². The zero-order valence-electron chi connectivity index (χ0n) is 11.7. The maximum Gasteiger partial charge on any atom is 0.352 e. The van der Waals surface area contributed by atoms with Crippen LogP contribution in [0.2, 0.25) is 0 Å². The van der Waals surface area contributed by atoms with Crippen LogP contribution >= 0.6 is 15.9 Å². The number of hydrogen-bond acceptors (Lipinski definition) is 4. The number of carbonyl (C=O) groups excluding carboxylic acids is 1. The maximum atomic E-state index is 12.0. The maximum absolute atomic E-state index is 12.0. The van der Waals surface area contributed by atoms with Gasteiger partial charge in [-0.3, -0.25) is 0 Å². The van der Waals surface area contributed by atoms with Gasteiger partial charge in [0.1, 0.15) is 11.5 Å². The van der Waals surface area contributed by atoms with Gasteiger partial charge in [0, 0.05) is 0 Å². The van der Waals surface area contributed by atoms with E-state index in [2.05, 4.69) is 15.9 Å². The van der Waals surface area contributed by atoms with Gasteiger partial charge in [-0.1, -0.05) is 18.2 Å². The van der Waals surface area contributed by atoms with E-state index in [-0.39, 0.29) is 11.3 Å². The minimum atomic E-state index is -1.06. The first-order chi connectivity index (χ1) is 10.5. The molecule has 2 rings (SSSR count). The van der Waals surface area contributed by atoms with Gasteiger partial charge in [-0.25, -0.2) is 9.59 Å². The molecule has 1 N–H and O–H groups in total. The molecule has 0 aliphatic carbocycles. The van der Waals surface area contributed by atoms with Crippen molar-refractivity contribution in [2.75, 3.05) is 0 Å².